The number of hydrogen-bond acceptors (Lipinski definition) is 4. The van der Waals surface area contributed by atoms with Crippen molar-refractivity contribution in [3.05, 3.63) is 12.7 Å². The molecule has 0 bridgehead atoms. The third-order valence-corrected chi connectivity index (χ3v) is 2.56. The van der Waals surface area contributed by atoms with Crippen LogP contribution in [0, 0.1) is 5.92 Å². The average molecular weight is 244 g/mol. The van der Waals surface area contributed by atoms with Gasteiger partial charge in [-0.3, -0.25) is 9.59 Å². The summed E-state index contributed by atoms with van der Waals surface area (Å²) in [5.41, 5.74) is 10.6. The summed E-state index contributed by atoms with van der Waals surface area (Å²) in [4.78, 5) is 20.2. The van der Waals surface area contributed by atoms with Crippen LogP contribution >= 0.6 is 0 Å². The Hall–Kier alpha value is -1.40. The van der Waals surface area contributed by atoms with Crippen molar-refractivity contribution in [2.24, 2.45) is 17.4 Å². The molecule has 98 valence electrons. The Morgan fingerprint density at radius 1 is 1.41 bits per heavy atom. The Morgan fingerprint density at radius 3 is 2.18 bits per heavy atom. The lowest BCUT2D eigenvalue weighted by molar-refractivity contribution is -0.141. The van der Waals surface area contributed by atoms with Crippen LogP contribution in [0.3, 0.4) is 0 Å². The summed E-state index contributed by atoms with van der Waals surface area (Å²) < 4.78 is 0. The van der Waals surface area contributed by atoms with Crippen LogP contribution < -0.4 is 11.5 Å². The maximum atomic E-state index is 10.3. The Kier molecular flexibility index (Phi) is 7.16. The van der Waals surface area contributed by atoms with Gasteiger partial charge in [-0.05, 0) is 25.7 Å². The second-order valence-corrected chi connectivity index (χ2v) is 4.08. The summed E-state index contributed by atoms with van der Waals surface area (Å²) in [6.45, 7) is 3.34. The molecule has 6 heteroatoms. The van der Waals surface area contributed by atoms with E-state index in [0.29, 0.717) is 12.8 Å². The molecule has 0 aromatic heterocycles. The van der Waals surface area contributed by atoms with E-state index in [1.165, 1.54) is 6.08 Å². The minimum absolute atomic E-state index is 0.131. The highest BCUT2D eigenvalue weighted by atomic mass is 16.4. The molecule has 0 spiro atoms. The number of carboxylic acid groups (broad SMARTS) is 2. The average Bonchev–Trinajstić information content (AvgIpc) is 2.66. The highest BCUT2D eigenvalue weighted by Gasteiger charge is 2.26. The van der Waals surface area contributed by atoms with Gasteiger partial charge in [0.15, 0.2) is 0 Å². The van der Waals surface area contributed by atoms with Gasteiger partial charge in [-0.15, -0.1) is 6.58 Å². The van der Waals surface area contributed by atoms with Gasteiger partial charge in [-0.2, -0.15) is 0 Å². The summed E-state index contributed by atoms with van der Waals surface area (Å²) in [5.74, 6) is -1.84. The summed E-state index contributed by atoms with van der Waals surface area (Å²) in [6.07, 6.45) is 4.11. The third kappa shape index (κ3) is 6.70. The summed E-state index contributed by atoms with van der Waals surface area (Å²) in [7, 11) is 0. The van der Waals surface area contributed by atoms with E-state index in [-0.39, 0.29) is 12.0 Å². The van der Waals surface area contributed by atoms with Crippen molar-refractivity contribution in [3.63, 3.8) is 0 Å². The molecular weight excluding hydrogens is 224 g/mol. The molecule has 0 aliphatic heterocycles. The molecule has 3 unspecified atom stereocenters. The monoisotopic (exact) mass is 244 g/mol. The fourth-order valence-electron chi connectivity index (χ4n) is 1.52. The van der Waals surface area contributed by atoms with Crippen LogP contribution in [0.5, 0.6) is 0 Å². The van der Waals surface area contributed by atoms with Crippen LogP contribution in [-0.2, 0) is 9.59 Å². The van der Waals surface area contributed by atoms with E-state index in [1.54, 1.807) is 0 Å². The van der Waals surface area contributed by atoms with E-state index in [4.69, 9.17) is 21.7 Å². The minimum Gasteiger partial charge on any atom is -0.481 e. The first-order valence-electron chi connectivity index (χ1n) is 5.46. The highest BCUT2D eigenvalue weighted by Crippen LogP contribution is 2.23. The molecule has 6 nitrogen and oxygen atoms in total. The SMILES string of the molecule is C=CCC(N)C(=O)O.NC1CCC(C(=O)O)C1. The Balaban J connectivity index is 0.000000304. The predicted octanol–water partition coefficient (Wildman–Crippen LogP) is 0.173. The van der Waals surface area contributed by atoms with Crippen molar-refractivity contribution in [1.82, 2.24) is 0 Å². The molecule has 6 N–H and O–H groups in total. The van der Waals surface area contributed by atoms with E-state index in [2.05, 4.69) is 6.58 Å². The molecule has 1 fully saturated rings. The van der Waals surface area contributed by atoms with E-state index < -0.39 is 18.0 Å². The van der Waals surface area contributed by atoms with E-state index in [0.717, 1.165) is 12.8 Å². The normalized spacial score (nSPS) is 24.4. The molecule has 3 atom stereocenters. The van der Waals surface area contributed by atoms with Gasteiger partial charge in [0.05, 0.1) is 5.92 Å². The lowest BCUT2D eigenvalue weighted by Crippen LogP contribution is -2.28. The minimum atomic E-state index is -0.982. The molecule has 0 aromatic rings. The maximum absolute atomic E-state index is 10.3. The van der Waals surface area contributed by atoms with Gasteiger partial charge in [-0.25, -0.2) is 0 Å². The number of carboxylic acids is 2. The van der Waals surface area contributed by atoms with Gasteiger partial charge in [0.25, 0.3) is 0 Å². The lowest BCUT2D eigenvalue weighted by Gasteiger charge is -1.99. The molecule has 1 aliphatic carbocycles. The standard InChI is InChI=1S/C6H11NO2.C5H9NO2/c7-5-2-1-4(3-5)6(8)9;1-2-3-4(6)5(7)8/h4-5H,1-3,7H2,(H,8,9);2,4H,1,3,6H2,(H,7,8). The summed E-state index contributed by atoms with van der Waals surface area (Å²) >= 11 is 0. The van der Waals surface area contributed by atoms with Crippen LogP contribution in [0.25, 0.3) is 0 Å². The number of aliphatic carboxylic acids is 2. The highest BCUT2D eigenvalue weighted by molar-refractivity contribution is 5.73. The summed E-state index contributed by atoms with van der Waals surface area (Å²) in [5, 5.41) is 16.6. The Labute approximate surface area is 100 Å². The van der Waals surface area contributed by atoms with Crippen LogP contribution in [0.2, 0.25) is 0 Å². The molecule has 0 radical (unpaired) electrons. The zero-order valence-corrected chi connectivity index (χ0v) is 9.71. The molecule has 0 saturated heterocycles. The second kappa shape index (κ2) is 7.81. The molecule has 0 amide bonds. The van der Waals surface area contributed by atoms with Crippen molar-refractivity contribution < 1.29 is 19.8 Å². The maximum Gasteiger partial charge on any atom is 0.320 e. The number of carbonyl (C=O) groups is 2. The molecule has 17 heavy (non-hydrogen) atoms. The molecular formula is C11H20N2O4. The smallest absolute Gasteiger partial charge is 0.320 e. The lowest BCUT2D eigenvalue weighted by atomic mass is 10.1. The van der Waals surface area contributed by atoms with E-state index in [9.17, 15) is 9.59 Å². The largest absolute Gasteiger partial charge is 0.481 e. The van der Waals surface area contributed by atoms with Crippen LogP contribution in [0.4, 0.5) is 0 Å². The first kappa shape index (κ1) is 15.6. The van der Waals surface area contributed by atoms with Gasteiger partial charge >= 0.3 is 11.9 Å². The number of nitrogens with two attached hydrogens (primary N) is 2. The third-order valence-electron chi connectivity index (χ3n) is 2.56. The van der Waals surface area contributed by atoms with Gasteiger partial charge in [0.1, 0.15) is 6.04 Å². The van der Waals surface area contributed by atoms with Gasteiger partial charge in [-0.1, -0.05) is 6.08 Å². The van der Waals surface area contributed by atoms with E-state index >= 15 is 0 Å². The molecule has 1 aliphatic rings. The van der Waals surface area contributed by atoms with Crippen molar-refractivity contribution in [1.29, 1.82) is 0 Å². The summed E-state index contributed by atoms with van der Waals surface area (Å²) in [6, 6.07) is -0.654. The van der Waals surface area contributed by atoms with Crippen molar-refractivity contribution in [2.75, 3.05) is 0 Å². The van der Waals surface area contributed by atoms with Crippen molar-refractivity contribution >= 4 is 11.9 Å². The van der Waals surface area contributed by atoms with Crippen LogP contribution in [0.1, 0.15) is 25.7 Å². The fourth-order valence-corrected chi connectivity index (χ4v) is 1.52. The van der Waals surface area contributed by atoms with E-state index in [1.807, 2.05) is 0 Å². The molecule has 0 aromatic carbocycles. The van der Waals surface area contributed by atoms with Crippen LogP contribution in [-0.4, -0.2) is 34.2 Å². The molecule has 1 saturated carbocycles. The van der Waals surface area contributed by atoms with Gasteiger partial charge < -0.3 is 21.7 Å². The van der Waals surface area contributed by atoms with Crippen molar-refractivity contribution in [3.8, 4) is 0 Å². The van der Waals surface area contributed by atoms with Gasteiger partial charge in [0.2, 0.25) is 0 Å². The number of hydrogen-bond donors (Lipinski definition) is 4. The molecule has 0 heterocycles. The first-order chi connectivity index (χ1) is 7.88. The van der Waals surface area contributed by atoms with Crippen LogP contribution in [0.15, 0.2) is 12.7 Å². The fraction of sp³-hybridized carbons (Fsp3) is 0.636. The predicted molar refractivity (Wildman–Crippen MR) is 63.4 cm³/mol. The second-order valence-electron chi connectivity index (χ2n) is 4.08. The first-order valence-corrected chi connectivity index (χ1v) is 5.46. The topological polar surface area (TPSA) is 127 Å². The number of rotatable bonds is 4. The Bertz CT molecular complexity index is 281. The Morgan fingerprint density at radius 2 is 2.00 bits per heavy atom. The zero-order chi connectivity index (χ0) is 13.4. The van der Waals surface area contributed by atoms with Gasteiger partial charge in [0, 0.05) is 6.04 Å². The quantitative estimate of drug-likeness (QED) is 0.522. The zero-order valence-electron chi connectivity index (χ0n) is 9.71. The van der Waals surface area contributed by atoms with Crippen molar-refractivity contribution in [2.45, 2.75) is 37.8 Å². The molecule has 1 rings (SSSR count).